The zero-order valence-corrected chi connectivity index (χ0v) is 12.6. The van der Waals surface area contributed by atoms with Gasteiger partial charge in [0, 0.05) is 11.9 Å². The highest BCUT2D eigenvalue weighted by molar-refractivity contribution is 7.99. The van der Waals surface area contributed by atoms with Crippen LogP contribution in [0.3, 0.4) is 0 Å². The molecule has 0 aromatic carbocycles. The summed E-state index contributed by atoms with van der Waals surface area (Å²) in [4.78, 5) is 5.88. The number of hydrogen-bond donors (Lipinski definition) is 1. The first-order valence-electron chi connectivity index (χ1n) is 5.33. The third-order valence-corrected chi connectivity index (χ3v) is 5.96. The molecule has 0 aliphatic rings. The van der Waals surface area contributed by atoms with Crippen molar-refractivity contribution in [3.63, 3.8) is 0 Å². The van der Waals surface area contributed by atoms with Crippen LogP contribution in [0.1, 0.15) is 5.69 Å². The summed E-state index contributed by atoms with van der Waals surface area (Å²) in [5.74, 6) is 0. The Balaban J connectivity index is 1.57. The molecule has 1 N–H and O–H groups in total. The second-order valence-corrected chi connectivity index (χ2v) is 7.42. The predicted octanol–water partition coefficient (Wildman–Crippen LogP) is 4.73. The molecule has 3 rings (SSSR count). The summed E-state index contributed by atoms with van der Waals surface area (Å²) in [6.45, 7) is 0.796. The van der Waals surface area contributed by atoms with Gasteiger partial charge in [0.2, 0.25) is 0 Å². The van der Waals surface area contributed by atoms with Crippen molar-refractivity contribution in [3.8, 4) is 9.88 Å². The lowest BCUT2D eigenvalue weighted by atomic mass is 10.4. The number of thiazole rings is 1. The maximum atomic E-state index is 4.63. The smallest absolute Gasteiger partial charge is 0.133 e. The molecule has 0 aliphatic carbocycles. The van der Waals surface area contributed by atoms with Crippen molar-refractivity contribution in [2.24, 2.45) is 0 Å². The van der Waals surface area contributed by atoms with Gasteiger partial charge in [-0.25, -0.2) is 4.98 Å². The number of nitrogens with zero attached hydrogens (tertiary/aromatic N) is 1. The molecule has 3 aromatic heterocycles. The van der Waals surface area contributed by atoms with Crippen LogP contribution in [-0.4, -0.2) is 4.98 Å². The van der Waals surface area contributed by atoms with E-state index in [2.05, 4.69) is 50.1 Å². The van der Waals surface area contributed by atoms with Crippen LogP contribution in [0, 0.1) is 0 Å². The van der Waals surface area contributed by atoms with E-state index < -0.39 is 0 Å². The summed E-state index contributed by atoms with van der Waals surface area (Å²) in [5.41, 5.74) is 1.10. The molecule has 3 aromatic rings. The van der Waals surface area contributed by atoms with Gasteiger partial charge in [-0.3, -0.25) is 4.72 Å². The molecule has 0 bridgehead atoms. The molecular formula is C12H10N2S4. The third-order valence-electron chi connectivity index (χ3n) is 2.20. The normalized spacial score (nSPS) is 10.9. The second kappa shape index (κ2) is 5.99. The first-order chi connectivity index (χ1) is 8.92. The van der Waals surface area contributed by atoms with E-state index in [4.69, 9.17) is 0 Å². The van der Waals surface area contributed by atoms with E-state index in [1.807, 2.05) is 0 Å². The summed E-state index contributed by atoms with van der Waals surface area (Å²) >= 11 is 6.85. The van der Waals surface area contributed by atoms with Gasteiger partial charge in [-0.05, 0) is 34.8 Å². The van der Waals surface area contributed by atoms with Crippen LogP contribution in [0.4, 0.5) is 0 Å². The van der Waals surface area contributed by atoms with Crippen LogP contribution in [0.25, 0.3) is 9.88 Å². The quantitative estimate of drug-likeness (QED) is 0.690. The molecular weight excluding hydrogens is 300 g/mol. The number of nitrogens with one attached hydrogen (secondary N) is 1. The van der Waals surface area contributed by atoms with E-state index in [0.717, 1.165) is 17.2 Å². The van der Waals surface area contributed by atoms with Gasteiger partial charge in [-0.1, -0.05) is 12.1 Å². The minimum atomic E-state index is 0.796. The number of rotatable bonds is 5. The Kier molecular flexibility index (Phi) is 4.12. The highest BCUT2D eigenvalue weighted by Crippen LogP contribution is 2.28. The van der Waals surface area contributed by atoms with Gasteiger partial charge in [0.15, 0.2) is 0 Å². The van der Waals surface area contributed by atoms with Crippen LogP contribution in [0.5, 0.6) is 0 Å². The Morgan fingerprint density at radius 1 is 1.11 bits per heavy atom. The summed E-state index contributed by atoms with van der Waals surface area (Å²) in [6, 6.07) is 8.35. The number of thiophene rings is 2. The zero-order chi connectivity index (χ0) is 12.2. The molecule has 6 heteroatoms. The first-order valence-corrected chi connectivity index (χ1v) is 8.79. The average molecular weight is 310 g/mol. The highest BCUT2D eigenvalue weighted by atomic mass is 32.2. The van der Waals surface area contributed by atoms with Crippen molar-refractivity contribution in [3.05, 3.63) is 46.1 Å². The van der Waals surface area contributed by atoms with Gasteiger partial charge < -0.3 is 0 Å². The summed E-state index contributed by atoms with van der Waals surface area (Å²) in [6.07, 6.45) is 0. The molecule has 0 fully saturated rings. The Labute approximate surface area is 122 Å². The Hall–Kier alpha value is -0.660. The van der Waals surface area contributed by atoms with Gasteiger partial charge >= 0.3 is 0 Å². The fraction of sp³-hybridized carbons (Fsp3) is 0.0833. The van der Waals surface area contributed by atoms with Crippen molar-refractivity contribution in [1.82, 2.24) is 9.71 Å². The summed E-state index contributed by atoms with van der Waals surface area (Å²) in [5, 5.41) is 7.41. The largest absolute Gasteiger partial charge is 0.253 e. The zero-order valence-electron chi connectivity index (χ0n) is 9.33. The van der Waals surface area contributed by atoms with E-state index >= 15 is 0 Å². The first kappa shape index (κ1) is 12.4. The van der Waals surface area contributed by atoms with Gasteiger partial charge in [-0.2, -0.15) is 0 Å². The Morgan fingerprint density at radius 2 is 2.00 bits per heavy atom. The Bertz CT molecular complexity index is 583. The summed E-state index contributed by atoms with van der Waals surface area (Å²) < 4.78 is 4.62. The van der Waals surface area contributed by atoms with Gasteiger partial charge in [0.05, 0.1) is 14.8 Å². The minimum Gasteiger partial charge on any atom is -0.253 e. The minimum absolute atomic E-state index is 0.796. The van der Waals surface area contributed by atoms with E-state index in [-0.39, 0.29) is 0 Å². The molecule has 3 heterocycles. The van der Waals surface area contributed by atoms with Gasteiger partial charge in [0.1, 0.15) is 5.01 Å². The van der Waals surface area contributed by atoms with Crippen LogP contribution in [0.2, 0.25) is 0 Å². The fourth-order valence-corrected chi connectivity index (χ4v) is 4.53. The van der Waals surface area contributed by atoms with Crippen molar-refractivity contribution in [2.45, 2.75) is 10.8 Å². The van der Waals surface area contributed by atoms with Crippen molar-refractivity contribution >= 4 is 46.0 Å². The molecule has 92 valence electrons. The molecule has 0 saturated carbocycles. The van der Waals surface area contributed by atoms with Crippen LogP contribution in [0.15, 0.2) is 44.6 Å². The van der Waals surface area contributed by atoms with Crippen LogP contribution >= 0.6 is 46.0 Å². The topological polar surface area (TPSA) is 24.9 Å². The Morgan fingerprint density at radius 3 is 2.78 bits per heavy atom. The second-order valence-electron chi connectivity index (χ2n) is 3.48. The highest BCUT2D eigenvalue weighted by Gasteiger charge is 2.05. The monoisotopic (exact) mass is 310 g/mol. The molecule has 18 heavy (non-hydrogen) atoms. The molecule has 0 spiro atoms. The molecule has 0 unspecified atom stereocenters. The molecule has 0 radical (unpaired) electrons. The predicted molar refractivity (Wildman–Crippen MR) is 82.4 cm³/mol. The lowest BCUT2D eigenvalue weighted by Crippen LogP contribution is -2.02. The SMILES string of the molecule is c1csc(SNCc2csc(-c3cccs3)n2)c1. The third kappa shape index (κ3) is 3.02. The lowest BCUT2D eigenvalue weighted by Gasteiger charge is -1.98. The molecule has 0 amide bonds. The molecule has 2 nitrogen and oxygen atoms in total. The van der Waals surface area contributed by atoms with Gasteiger partial charge in [0.25, 0.3) is 0 Å². The lowest BCUT2D eigenvalue weighted by molar-refractivity contribution is 0.938. The van der Waals surface area contributed by atoms with Crippen LogP contribution < -0.4 is 4.72 Å². The van der Waals surface area contributed by atoms with E-state index in [1.165, 1.54) is 9.09 Å². The summed E-state index contributed by atoms with van der Waals surface area (Å²) in [7, 11) is 0. The van der Waals surface area contributed by atoms with E-state index in [9.17, 15) is 0 Å². The molecule has 0 atom stereocenters. The van der Waals surface area contributed by atoms with Gasteiger partial charge in [-0.15, -0.1) is 34.0 Å². The van der Waals surface area contributed by atoms with Crippen molar-refractivity contribution in [1.29, 1.82) is 0 Å². The standard InChI is InChI=1S/C12H10N2S4/c1-3-10(15-5-1)12-14-9(8-17-12)7-13-18-11-4-2-6-16-11/h1-6,8,13H,7H2. The van der Waals surface area contributed by atoms with E-state index in [0.29, 0.717) is 0 Å². The molecule has 0 saturated heterocycles. The van der Waals surface area contributed by atoms with E-state index in [1.54, 1.807) is 46.0 Å². The molecule has 0 aliphatic heterocycles. The maximum absolute atomic E-state index is 4.63. The van der Waals surface area contributed by atoms with Crippen molar-refractivity contribution < 1.29 is 0 Å². The number of hydrogen-bond acceptors (Lipinski definition) is 6. The number of aromatic nitrogens is 1. The fourth-order valence-electron chi connectivity index (χ4n) is 1.40. The van der Waals surface area contributed by atoms with Crippen molar-refractivity contribution in [2.75, 3.05) is 0 Å². The average Bonchev–Trinajstić information content (AvgIpc) is 3.12. The maximum Gasteiger partial charge on any atom is 0.133 e. The van der Waals surface area contributed by atoms with Crippen LogP contribution in [-0.2, 0) is 6.54 Å².